The summed E-state index contributed by atoms with van der Waals surface area (Å²) in [4.78, 5) is 22.5. The van der Waals surface area contributed by atoms with E-state index in [1.165, 1.54) is 24.8 Å². The smallest absolute Gasteiger partial charge is 0.261 e. The summed E-state index contributed by atoms with van der Waals surface area (Å²) >= 11 is 0. The topological polar surface area (TPSA) is 47.8 Å². The number of rotatable bonds is 7. The molecular formula is C25H31N3O. The molecule has 4 rings (SSSR count). The van der Waals surface area contributed by atoms with Crippen molar-refractivity contribution in [1.82, 2.24) is 14.5 Å². The van der Waals surface area contributed by atoms with E-state index in [-0.39, 0.29) is 11.0 Å². The molecule has 1 aromatic carbocycles. The SMILES string of the molecule is CCCCC1(C)CCc2nc3cc(CCCc4ccccn4)ccc3c(=O)n2C1. The van der Waals surface area contributed by atoms with Gasteiger partial charge in [0, 0.05) is 24.9 Å². The van der Waals surface area contributed by atoms with Crippen LogP contribution in [-0.2, 0) is 25.8 Å². The molecule has 1 aliphatic rings. The zero-order chi connectivity index (χ0) is 20.3. The van der Waals surface area contributed by atoms with E-state index >= 15 is 0 Å². The Morgan fingerprint density at radius 3 is 2.83 bits per heavy atom. The minimum absolute atomic E-state index is 0.132. The van der Waals surface area contributed by atoms with Crippen molar-refractivity contribution in [2.24, 2.45) is 5.41 Å². The number of fused-ring (bicyclic) bond motifs is 2. The summed E-state index contributed by atoms with van der Waals surface area (Å²) in [6, 6.07) is 12.2. The fourth-order valence-corrected chi connectivity index (χ4v) is 4.52. The Morgan fingerprint density at radius 2 is 2.03 bits per heavy atom. The van der Waals surface area contributed by atoms with Crippen molar-refractivity contribution in [2.75, 3.05) is 0 Å². The molecule has 4 nitrogen and oxygen atoms in total. The highest BCUT2D eigenvalue weighted by molar-refractivity contribution is 5.78. The van der Waals surface area contributed by atoms with Gasteiger partial charge in [0.1, 0.15) is 5.82 Å². The second-order valence-corrected chi connectivity index (χ2v) is 8.86. The van der Waals surface area contributed by atoms with Crippen LogP contribution in [0.3, 0.4) is 0 Å². The molecule has 2 aromatic heterocycles. The molecule has 0 saturated carbocycles. The molecule has 0 amide bonds. The van der Waals surface area contributed by atoms with Crippen molar-refractivity contribution >= 4 is 10.9 Å². The zero-order valence-corrected chi connectivity index (χ0v) is 17.7. The maximum absolute atomic E-state index is 13.2. The third-order valence-corrected chi connectivity index (χ3v) is 6.35. The highest BCUT2D eigenvalue weighted by Gasteiger charge is 2.31. The Balaban J connectivity index is 1.53. The molecule has 1 aliphatic heterocycles. The number of unbranched alkanes of at least 4 members (excludes halogenated alkanes) is 1. The van der Waals surface area contributed by atoms with Gasteiger partial charge in [0.05, 0.1) is 10.9 Å². The van der Waals surface area contributed by atoms with Crippen molar-refractivity contribution in [1.29, 1.82) is 0 Å². The average Bonchev–Trinajstić information content (AvgIpc) is 2.74. The molecule has 3 heterocycles. The van der Waals surface area contributed by atoms with Crippen molar-refractivity contribution in [3.8, 4) is 0 Å². The molecular weight excluding hydrogens is 358 g/mol. The molecule has 0 aliphatic carbocycles. The molecule has 1 atom stereocenters. The second kappa shape index (κ2) is 8.48. The summed E-state index contributed by atoms with van der Waals surface area (Å²) in [6.45, 7) is 5.36. The molecule has 0 saturated heterocycles. The first-order valence-corrected chi connectivity index (χ1v) is 11.0. The van der Waals surface area contributed by atoms with Crippen LogP contribution in [0.2, 0.25) is 0 Å². The number of hydrogen-bond acceptors (Lipinski definition) is 3. The third-order valence-electron chi connectivity index (χ3n) is 6.35. The Labute approximate surface area is 173 Å². The normalized spacial score (nSPS) is 18.7. The first-order valence-electron chi connectivity index (χ1n) is 11.0. The Morgan fingerprint density at radius 1 is 1.14 bits per heavy atom. The van der Waals surface area contributed by atoms with Crippen LogP contribution >= 0.6 is 0 Å². The number of hydrogen-bond donors (Lipinski definition) is 0. The maximum atomic E-state index is 13.2. The minimum atomic E-state index is 0.132. The Kier molecular flexibility index (Phi) is 5.79. The molecule has 152 valence electrons. The maximum Gasteiger partial charge on any atom is 0.261 e. The minimum Gasteiger partial charge on any atom is -0.296 e. The van der Waals surface area contributed by atoms with Crippen molar-refractivity contribution in [3.63, 3.8) is 0 Å². The van der Waals surface area contributed by atoms with Crippen LogP contribution in [0.25, 0.3) is 10.9 Å². The van der Waals surface area contributed by atoms with E-state index in [2.05, 4.69) is 37.0 Å². The standard InChI is InChI=1S/C25H31N3O/c1-3-4-14-25(2)15-13-23-27-22-17-19(8-7-10-20-9-5-6-16-26-20)11-12-21(22)24(29)28(23)18-25/h5-6,9,11-12,16-17H,3-4,7-8,10,13-15,18H2,1-2H3. The molecule has 0 N–H and O–H groups in total. The van der Waals surface area contributed by atoms with Gasteiger partial charge in [-0.15, -0.1) is 0 Å². The highest BCUT2D eigenvalue weighted by Crippen LogP contribution is 2.35. The van der Waals surface area contributed by atoms with Crippen LogP contribution < -0.4 is 5.56 Å². The van der Waals surface area contributed by atoms with E-state index in [4.69, 9.17) is 4.98 Å². The molecule has 3 aromatic rings. The fraction of sp³-hybridized carbons (Fsp3) is 0.480. The first kappa shape index (κ1) is 19.8. The summed E-state index contributed by atoms with van der Waals surface area (Å²) in [5, 5.41) is 0.752. The molecule has 1 unspecified atom stereocenters. The fourth-order valence-electron chi connectivity index (χ4n) is 4.52. The number of pyridine rings is 1. The first-order chi connectivity index (χ1) is 14.1. The monoisotopic (exact) mass is 389 g/mol. The van der Waals surface area contributed by atoms with Crippen LogP contribution in [0.15, 0.2) is 47.4 Å². The van der Waals surface area contributed by atoms with Gasteiger partial charge in [-0.2, -0.15) is 0 Å². The van der Waals surface area contributed by atoms with Gasteiger partial charge in [0.15, 0.2) is 0 Å². The predicted molar refractivity (Wildman–Crippen MR) is 118 cm³/mol. The van der Waals surface area contributed by atoms with E-state index in [0.717, 1.165) is 61.1 Å². The van der Waals surface area contributed by atoms with Gasteiger partial charge in [-0.1, -0.05) is 38.8 Å². The van der Waals surface area contributed by atoms with Gasteiger partial charge in [-0.3, -0.25) is 14.3 Å². The molecule has 0 radical (unpaired) electrons. The van der Waals surface area contributed by atoms with Crippen molar-refractivity contribution < 1.29 is 0 Å². The predicted octanol–water partition coefficient (Wildman–Crippen LogP) is 5.11. The van der Waals surface area contributed by atoms with E-state index < -0.39 is 0 Å². The summed E-state index contributed by atoms with van der Waals surface area (Å²) in [5.74, 6) is 0.960. The Bertz CT molecular complexity index is 1040. The summed E-state index contributed by atoms with van der Waals surface area (Å²) in [6.07, 6.45) is 10.5. The lowest BCUT2D eigenvalue weighted by atomic mass is 9.78. The van der Waals surface area contributed by atoms with Crippen molar-refractivity contribution in [2.45, 2.75) is 71.8 Å². The van der Waals surface area contributed by atoms with Gasteiger partial charge in [-0.05, 0) is 67.3 Å². The lowest BCUT2D eigenvalue weighted by Crippen LogP contribution is -2.38. The summed E-state index contributed by atoms with van der Waals surface area (Å²) < 4.78 is 1.95. The van der Waals surface area contributed by atoms with Crippen LogP contribution in [0.4, 0.5) is 0 Å². The second-order valence-electron chi connectivity index (χ2n) is 8.86. The average molecular weight is 390 g/mol. The lowest BCUT2D eigenvalue weighted by molar-refractivity contribution is 0.190. The van der Waals surface area contributed by atoms with Gasteiger partial charge < -0.3 is 0 Å². The quantitative estimate of drug-likeness (QED) is 0.564. The van der Waals surface area contributed by atoms with Crippen LogP contribution in [0.5, 0.6) is 0 Å². The lowest BCUT2D eigenvalue weighted by Gasteiger charge is -2.35. The van der Waals surface area contributed by atoms with Gasteiger partial charge in [0.2, 0.25) is 0 Å². The summed E-state index contributed by atoms with van der Waals surface area (Å²) in [5.41, 5.74) is 3.58. The van der Waals surface area contributed by atoms with E-state index in [1.807, 2.05) is 29.0 Å². The van der Waals surface area contributed by atoms with Crippen LogP contribution in [0.1, 0.15) is 63.0 Å². The number of aryl methyl sites for hydroxylation is 3. The third kappa shape index (κ3) is 4.42. The number of nitrogens with zero attached hydrogens (tertiary/aromatic N) is 3. The van der Waals surface area contributed by atoms with E-state index in [9.17, 15) is 4.79 Å². The highest BCUT2D eigenvalue weighted by atomic mass is 16.1. The molecule has 0 bridgehead atoms. The largest absolute Gasteiger partial charge is 0.296 e. The Hall–Kier alpha value is -2.49. The van der Waals surface area contributed by atoms with Gasteiger partial charge in [0.25, 0.3) is 5.56 Å². The molecule has 0 spiro atoms. The van der Waals surface area contributed by atoms with Crippen molar-refractivity contribution in [3.05, 3.63) is 70.0 Å². The number of aromatic nitrogens is 3. The molecule has 0 fully saturated rings. The van der Waals surface area contributed by atoms with Crippen LogP contribution in [-0.4, -0.2) is 14.5 Å². The molecule has 29 heavy (non-hydrogen) atoms. The molecule has 4 heteroatoms. The zero-order valence-electron chi connectivity index (χ0n) is 17.7. The number of benzene rings is 1. The summed E-state index contributed by atoms with van der Waals surface area (Å²) in [7, 11) is 0. The van der Waals surface area contributed by atoms with E-state index in [0.29, 0.717) is 0 Å². The van der Waals surface area contributed by atoms with E-state index in [1.54, 1.807) is 0 Å². The van der Waals surface area contributed by atoms with Crippen LogP contribution in [0, 0.1) is 5.41 Å². The van der Waals surface area contributed by atoms with Gasteiger partial charge >= 0.3 is 0 Å². The van der Waals surface area contributed by atoms with Gasteiger partial charge in [-0.25, -0.2) is 4.98 Å².